The van der Waals surface area contributed by atoms with E-state index >= 15 is 0 Å². The number of aromatic nitrogens is 2. The van der Waals surface area contributed by atoms with Crippen LogP contribution in [0.5, 0.6) is 0 Å². The molecule has 0 aliphatic heterocycles. The number of rotatable bonds is 9. The summed E-state index contributed by atoms with van der Waals surface area (Å²) in [5.74, 6) is 0.606. The summed E-state index contributed by atoms with van der Waals surface area (Å²) >= 11 is 0. The normalized spacial score (nSPS) is 10.6. The van der Waals surface area contributed by atoms with Gasteiger partial charge in [-0.2, -0.15) is 0 Å². The Balaban J connectivity index is 0.00000272. The average Bonchev–Trinajstić information content (AvgIpc) is 2.79. The first-order chi connectivity index (χ1) is 14.9. The summed E-state index contributed by atoms with van der Waals surface area (Å²) in [7, 11) is 5.85. The Hall–Kier alpha value is -2.62. The van der Waals surface area contributed by atoms with E-state index in [0.29, 0.717) is 23.6 Å². The fourth-order valence-corrected chi connectivity index (χ4v) is 3.48. The number of likely N-dealkylation sites (N-methyl/N-ethyl adjacent to an activating group) is 3. The molecular formula is C23H30Cl2N6O2. The van der Waals surface area contributed by atoms with Gasteiger partial charge >= 0.3 is 0 Å². The van der Waals surface area contributed by atoms with Gasteiger partial charge in [0.25, 0.3) is 5.69 Å². The lowest BCUT2D eigenvalue weighted by Gasteiger charge is -2.25. The predicted molar refractivity (Wildman–Crippen MR) is 137 cm³/mol. The number of non-ortho nitro benzene ring substituents is 1. The van der Waals surface area contributed by atoms with Crippen molar-refractivity contribution in [2.45, 2.75) is 19.6 Å². The lowest BCUT2D eigenvalue weighted by atomic mass is 10.0. The molecule has 33 heavy (non-hydrogen) atoms. The molecule has 0 bridgehead atoms. The quantitative estimate of drug-likeness (QED) is 0.264. The van der Waals surface area contributed by atoms with Crippen molar-refractivity contribution in [3.63, 3.8) is 0 Å². The first-order valence-electron chi connectivity index (χ1n) is 10.1. The van der Waals surface area contributed by atoms with Crippen molar-refractivity contribution in [3.8, 4) is 22.6 Å². The van der Waals surface area contributed by atoms with E-state index in [0.717, 1.165) is 23.4 Å². The largest absolute Gasteiger partial charge is 0.304 e. The van der Waals surface area contributed by atoms with Crippen molar-refractivity contribution in [3.05, 3.63) is 76.0 Å². The summed E-state index contributed by atoms with van der Waals surface area (Å²) in [6.07, 6.45) is 0.135. The fourth-order valence-electron chi connectivity index (χ4n) is 3.48. The van der Waals surface area contributed by atoms with Gasteiger partial charge in [-0.3, -0.25) is 15.0 Å². The first-order valence-corrected chi connectivity index (χ1v) is 10.1. The zero-order chi connectivity index (χ0) is 22.4. The highest BCUT2D eigenvalue weighted by Crippen LogP contribution is 2.30. The van der Waals surface area contributed by atoms with Gasteiger partial charge in [-0.25, -0.2) is 9.97 Å². The second-order valence-electron chi connectivity index (χ2n) is 7.46. The monoisotopic (exact) mass is 492 g/mol. The number of nitro groups is 1. The third-order valence-corrected chi connectivity index (χ3v) is 5.20. The molecule has 0 atom stereocenters. The van der Waals surface area contributed by atoms with Crippen LogP contribution in [0.15, 0.2) is 54.6 Å². The molecular weight excluding hydrogens is 463 g/mol. The fraction of sp³-hybridized carbons (Fsp3) is 0.304. The Morgan fingerprint density at radius 2 is 1.64 bits per heavy atom. The highest BCUT2D eigenvalue weighted by molar-refractivity contribution is 5.85. The highest BCUT2D eigenvalue weighted by Gasteiger charge is 2.19. The molecule has 3 aromatic rings. The number of nitrogens with one attached hydrogen (secondary N) is 2. The topological polar surface area (TPSA) is 96.2 Å². The van der Waals surface area contributed by atoms with Crippen molar-refractivity contribution >= 4 is 30.5 Å². The van der Waals surface area contributed by atoms with E-state index in [1.54, 1.807) is 12.1 Å². The van der Waals surface area contributed by atoms with E-state index in [1.165, 1.54) is 6.07 Å². The number of hydrogen-bond donors (Lipinski definition) is 2. The van der Waals surface area contributed by atoms with Crippen LogP contribution in [0.25, 0.3) is 22.6 Å². The molecule has 0 aliphatic rings. The molecule has 0 radical (unpaired) electrons. The van der Waals surface area contributed by atoms with Crippen LogP contribution < -0.4 is 10.6 Å². The van der Waals surface area contributed by atoms with Crippen molar-refractivity contribution in [2.75, 3.05) is 27.7 Å². The summed E-state index contributed by atoms with van der Waals surface area (Å²) in [4.78, 5) is 22.7. The van der Waals surface area contributed by atoms with Gasteiger partial charge in [0.15, 0.2) is 5.82 Å². The minimum atomic E-state index is -0.383. The molecule has 0 fully saturated rings. The van der Waals surface area contributed by atoms with E-state index in [9.17, 15) is 10.1 Å². The van der Waals surface area contributed by atoms with Crippen LogP contribution in [0.2, 0.25) is 0 Å². The number of halogens is 2. The standard InChI is InChI=1S/C23H28N6O2.2ClH/c1-16-20(14-28(4)15-21(24-2)25-3)22(18-11-8-12-19(13-18)29(30)31)27-23(26-16)17-9-6-5-7-10-17;;/h5-13,21,24-25H,14-15H2,1-4H3;2*1H. The predicted octanol–water partition coefficient (Wildman–Crippen LogP) is 4.07. The van der Waals surface area contributed by atoms with Gasteiger partial charge in [0.05, 0.1) is 16.8 Å². The van der Waals surface area contributed by atoms with Gasteiger partial charge < -0.3 is 10.6 Å². The molecule has 178 valence electrons. The summed E-state index contributed by atoms with van der Waals surface area (Å²) in [6, 6.07) is 16.4. The molecule has 0 unspecified atom stereocenters. The molecule has 2 aromatic carbocycles. The SMILES string of the molecule is CNC(CN(C)Cc1c(C)nc(-c2ccccc2)nc1-c1cccc([N+](=O)[O-])c1)NC.Cl.Cl. The van der Waals surface area contributed by atoms with E-state index < -0.39 is 0 Å². The number of aryl methyl sites for hydroxylation is 1. The van der Waals surface area contributed by atoms with Gasteiger partial charge in [-0.15, -0.1) is 24.8 Å². The maximum absolute atomic E-state index is 11.3. The second-order valence-corrected chi connectivity index (χ2v) is 7.46. The average molecular weight is 493 g/mol. The molecule has 0 saturated carbocycles. The van der Waals surface area contributed by atoms with Crippen LogP contribution in [0.4, 0.5) is 5.69 Å². The van der Waals surface area contributed by atoms with E-state index in [4.69, 9.17) is 9.97 Å². The lowest BCUT2D eigenvalue weighted by molar-refractivity contribution is -0.384. The summed E-state index contributed by atoms with van der Waals surface area (Å²) in [5.41, 5.74) is 4.18. The molecule has 1 heterocycles. The smallest absolute Gasteiger partial charge is 0.270 e. The van der Waals surface area contributed by atoms with Gasteiger partial charge in [-0.05, 0) is 28.1 Å². The lowest BCUT2D eigenvalue weighted by Crippen LogP contribution is -2.46. The van der Waals surface area contributed by atoms with Crippen molar-refractivity contribution in [2.24, 2.45) is 0 Å². The van der Waals surface area contributed by atoms with Crippen LogP contribution in [0.3, 0.4) is 0 Å². The second kappa shape index (κ2) is 13.2. The molecule has 2 N–H and O–H groups in total. The van der Waals surface area contributed by atoms with Crippen LogP contribution in [0, 0.1) is 17.0 Å². The maximum Gasteiger partial charge on any atom is 0.270 e. The first kappa shape index (κ1) is 28.4. The molecule has 0 saturated heterocycles. The molecule has 10 heteroatoms. The molecule has 0 amide bonds. The van der Waals surface area contributed by atoms with E-state index in [2.05, 4.69) is 15.5 Å². The van der Waals surface area contributed by atoms with Crippen LogP contribution in [0.1, 0.15) is 11.3 Å². The van der Waals surface area contributed by atoms with E-state index in [-0.39, 0.29) is 41.6 Å². The maximum atomic E-state index is 11.3. The zero-order valence-electron chi connectivity index (χ0n) is 19.1. The number of benzene rings is 2. The molecule has 0 spiro atoms. The van der Waals surface area contributed by atoms with Gasteiger partial charge in [-0.1, -0.05) is 42.5 Å². The minimum Gasteiger partial charge on any atom is -0.304 e. The van der Waals surface area contributed by atoms with Crippen molar-refractivity contribution in [1.82, 2.24) is 25.5 Å². The van der Waals surface area contributed by atoms with Crippen LogP contribution in [-0.2, 0) is 6.54 Å². The number of nitrogens with zero attached hydrogens (tertiary/aromatic N) is 4. The Morgan fingerprint density at radius 3 is 2.24 bits per heavy atom. The summed E-state index contributed by atoms with van der Waals surface area (Å²) < 4.78 is 0. The number of hydrogen-bond acceptors (Lipinski definition) is 7. The van der Waals surface area contributed by atoms with Gasteiger partial charge in [0.2, 0.25) is 0 Å². The third kappa shape index (κ3) is 7.18. The Kier molecular flexibility index (Phi) is 11.3. The number of nitro benzene ring substituents is 1. The summed E-state index contributed by atoms with van der Waals surface area (Å²) in [6.45, 7) is 3.34. The van der Waals surface area contributed by atoms with Gasteiger partial charge in [0, 0.05) is 47.6 Å². The Bertz CT molecular complexity index is 1050. The highest BCUT2D eigenvalue weighted by atomic mass is 35.5. The van der Waals surface area contributed by atoms with Crippen LogP contribution in [-0.4, -0.2) is 53.6 Å². The van der Waals surface area contributed by atoms with Crippen LogP contribution >= 0.6 is 24.8 Å². The van der Waals surface area contributed by atoms with Crippen molar-refractivity contribution in [1.29, 1.82) is 0 Å². The minimum absolute atomic E-state index is 0. The van der Waals surface area contributed by atoms with E-state index in [1.807, 2.05) is 64.5 Å². The molecule has 3 rings (SSSR count). The molecule has 1 aromatic heterocycles. The molecule has 8 nitrogen and oxygen atoms in total. The molecule has 0 aliphatic carbocycles. The summed E-state index contributed by atoms with van der Waals surface area (Å²) in [5, 5.41) is 17.8. The zero-order valence-corrected chi connectivity index (χ0v) is 20.7. The van der Waals surface area contributed by atoms with Crippen molar-refractivity contribution < 1.29 is 4.92 Å². The Labute approximate surface area is 206 Å². The Morgan fingerprint density at radius 1 is 1.00 bits per heavy atom. The van der Waals surface area contributed by atoms with Gasteiger partial charge in [0.1, 0.15) is 0 Å². The third-order valence-electron chi connectivity index (χ3n) is 5.20.